The molecule has 0 unspecified atom stereocenters. The van der Waals surface area contributed by atoms with E-state index in [-0.39, 0.29) is 5.95 Å². The number of hydrogen-bond acceptors (Lipinski definition) is 5. The molecule has 0 radical (unpaired) electrons. The summed E-state index contributed by atoms with van der Waals surface area (Å²) in [7, 11) is 1.75. The average molecular weight is 257 g/mol. The highest BCUT2D eigenvalue weighted by molar-refractivity contribution is 6.29. The summed E-state index contributed by atoms with van der Waals surface area (Å²) in [6, 6.07) is 1.76. The van der Waals surface area contributed by atoms with Crippen molar-refractivity contribution in [3.05, 3.63) is 11.2 Å². The monoisotopic (exact) mass is 256 g/mol. The smallest absolute Gasteiger partial charge is 0.223 e. The summed E-state index contributed by atoms with van der Waals surface area (Å²) >= 11 is 5.87. The molecule has 5 nitrogen and oxygen atoms in total. The van der Waals surface area contributed by atoms with Crippen LogP contribution in [0.15, 0.2) is 6.07 Å². The van der Waals surface area contributed by atoms with Crippen molar-refractivity contribution >= 4 is 23.4 Å². The predicted molar refractivity (Wildman–Crippen MR) is 68.3 cm³/mol. The van der Waals surface area contributed by atoms with Crippen LogP contribution >= 0.6 is 11.6 Å². The maximum atomic E-state index is 5.87. The van der Waals surface area contributed by atoms with Gasteiger partial charge in [0.25, 0.3) is 0 Å². The lowest BCUT2D eigenvalue weighted by Gasteiger charge is -2.32. The number of nitrogens with zero attached hydrogens (tertiary/aromatic N) is 3. The molecule has 2 rings (SSSR count). The van der Waals surface area contributed by atoms with Gasteiger partial charge in [0.1, 0.15) is 11.0 Å². The molecule has 2 N–H and O–H groups in total. The van der Waals surface area contributed by atoms with Gasteiger partial charge in [-0.3, -0.25) is 0 Å². The van der Waals surface area contributed by atoms with E-state index < -0.39 is 0 Å². The fourth-order valence-corrected chi connectivity index (χ4v) is 2.33. The van der Waals surface area contributed by atoms with Crippen LogP contribution in [0.2, 0.25) is 5.15 Å². The van der Waals surface area contributed by atoms with Crippen molar-refractivity contribution in [2.45, 2.75) is 12.8 Å². The van der Waals surface area contributed by atoms with E-state index in [0.717, 1.165) is 38.4 Å². The van der Waals surface area contributed by atoms with Crippen LogP contribution in [-0.2, 0) is 4.74 Å². The molecule has 0 spiro atoms. The van der Waals surface area contributed by atoms with Crippen molar-refractivity contribution in [3.63, 3.8) is 0 Å². The zero-order valence-corrected chi connectivity index (χ0v) is 10.7. The van der Waals surface area contributed by atoms with Crippen molar-refractivity contribution < 1.29 is 4.74 Å². The number of rotatable bonds is 3. The molecule has 0 aromatic carbocycles. The minimum Gasteiger partial charge on any atom is -0.384 e. The SMILES string of the molecule is COCC1CCN(c2cc(Cl)nc(N)n2)CC1. The lowest BCUT2D eigenvalue weighted by Crippen LogP contribution is -2.35. The molecule has 1 aliphatic heterocycles. The number of piperidine rings is 1. The van der Waals surface area contributed by atoms with Crippen LogP contribution in [0.25, 0.3) is 0 Å². The van der Waals surface area contributed by atoms with Gasteiger partial charge in [-0.25, -0.2) is 4.98 Å². The third-order valence-corrected chi connectivity index (χ3v) is 3.23. The van der Waals surface area contributed by atoms with Crippen LogP contribution in [0.4, 0.5) is 11.8 Å². The van der Waals surface area contributed by atoms with Gasteiger partial charge in [0.15, 0.2) is 0 Å². The van der Waals surface area contributed by atoms with Gasteiger partial charge >= 0.3 is 0 Å². The van der Waals surface area contributed by atoms with Gasteiger partial charge in [-0.1, -0.05) is 11.6 Å². The highest BCUT2D eigenvalue weighted by Gasteiger charge is 2.20. The Morgan fingerprint density at radius 1 is 1.47 bits per heavy atom. The standard InChI is InChI=1S/C11H17ClN4O/c1-17-7-8-2-4-16(5-3-8)10-6-9(12)14-11(13)15-10/h6,8H,2-5,7H2,1H3,(H2,13,14,15). The number of anilines is 2. The number of nitrogens with two attached hydrogens (primary N) is 1. The van der Waals surface area contributed by atoms with E-state index in [1.165, 1.54) is 0 Å². The Morgan fingerprint density at radius 3 is 2.76 bits per heavy atom. The van der Waals surface area contributed by atoms with Crippen molar-refractivity contribution in [2.24, 2.45) is 5.92 Å². The second-order valence-corrected chi connectivity index (χ2v) is 4.68. The molecular weight excluding hydrogens is 240 g/mol. The average Bonchev–Trinajstić information content (AvgIpc) is 2.29. The molecule has 0 amide bonds. The van der Waals surface area contributed by atoms with Crippen LogP contribution in [0.5, 0.6) is 0 Å². The van der Waals surface area contributed by atoms with E-state index >= 15 is 0 Å². The maximum absolute atomic E-state index is 5.87. The molecule has 1 aliphatic rings. The summed E-state index contributed by atoms with van der Waals surface area (Å²) < 4.78 is 5.18. The Labute approximate surface area is 106 Å². The zero-order chi connectivity index (χ0) is 12.3. The highest BCUT2D eigenvalue weighted by Crippen LogP contribution is 2.23. The topological polar surface area (TPSA) is 64.3 Å². The third-order valence-electron chi connectivity index (χ3n) is 3.04. The number of aromatic nitrogens is 2. The predicted octanol–water partition coefficient (Wildman–Crippen LogP) is 1.57. The largest absolute Gasteiger partial charge is 0.384 e. The summed E-state index contributed by atoms with van der Waals surface area (Å²) in [5, 5.41) is 0.395. The zero-order valence-electron chi connectivity index (χ0n) is 9.90. The lowest BCUT2D eigenvalue weighted by molar-refractivity contribution is 0.139. The first-order valence-corrected chi connectivity index (χ1v) is 6.11. The van der Waals surface area contributed by atoms with E-state index in [1.54, 1.807) is 13.2 Å². The summed E-state index contributed by atoms with van der Waals surface area (Å²) in [6.45, 7) is 2.75. The van der Waals surface area contributed by atoms with E-state index in [2.05, 4.69) is 14.9 Å². The molecular formula is C11H17ClN4O. The number of nitrogen functional groups attached to an aromatic ring is 1. The molecule has 6 heteroatoms. The Hall–Kier alpha value is -1.07. The van der Waals surface area contributed by atoms with Crippen molar-refractivity contribution in [1.82, 2.24) is 9.97 Å². The van der Waals surface area contributed by atoms with Crippen LogP contribution < -0.4 is 10.6 Å². The number of hydrogen-bond donors (Lipinski definition) is 1. The first-order valence-electron chi connectivity index (χ1n) is 5.73. The Bertz CT molecular complexity index is 359. The lowest BCUT2D eigenvalue weighted by atomic mass is 9.98. The number of halogens is 1. The normalized spacial score (nSPS) is 17.4. The molecule has 0 atom stereocenters. The Kier molecular flexibility index (Phi) is 4.02. The van der Waals surface area contributed by atoms with Gasteiger partial charge in [0, 0.05) is 32.9 Å². The minimum atomic E-state index is 0.228. The Balaban J connectivity index is 2.00. The van der Waals surface area contributed by atoms with Gasteiger partial charge in [-0.2, -0.15) is 4.98 Å². The van der Waals surface area contributed by atoms with E-state index in [9.17, 15) is 0 Å². The van der Waals surface area contributed by atoms with Crippen LogP contribution in [-0.4, -0.2) is 36.8 Å². The summed E-state index contributed by atoms with van der Waals surface area (Å²) in [5.41, 5.74) is 5.59. The molecule has 0 bridgehead atoms. The fraction of sp³-hybridized carbons (Fsp3) is 0.636. The van der Waals surface area contributed by atoms with Gasteiger partial charge in [0.2, 0.25) is 5.95 Å². The van der Waals surface area contributed by atoms with Gasteiger partial charge < -0.3 is 15.4 Å². The molecule has 0 aliphatic carbocycles. The van der Waals surface area contributed by atoms with Crippen LogP contribution in [0.1, 0.15) is 12.8 Å². The van der Waals surface area contributed by atoms with Crippen LogP contribution in [0.3, 0.4) is 0 Å². The molecule has 1 saturated heterocycles. The summed E-state index contributed by atoms with van der Waals surface area (Å²) in [5.74, 6) is 1.69. The van der Waals surface area contributed by atoms with E-state index in [4.69, 9.17) is 22.1 Å². The number of ether oxygens (including phenoxy) is 1. The molecule has 1 fully saturated rings. The molecule has 1 aromatic rings. The maximum Gasteiger partial charge on any atom is 0.223 e. The van der Waals surface area contributed by atoms with Crippen molar-refractivity contribution in [1.29, 1.82) is 0 Å². The first-order chi connectivity index (χ1) is 8.19. The van der Waals surface area contributed by atoms with Gasteiger partial charge in [-0.05, 0) is 18.8 Å². The molecule has 1 aromatic heterocycles. The molecule has 0 saturated carbocycles. The van der Waals surface area contributed by atoms with Gasteiger partial charge in [-0.15, -0.1) is 0 Å². The third kappa shape index (κ3) is 3.20. The van der Waals surface area contributed by atoms with Gasteiger partial charge in [0.05, 0.1) is 0 Å². The minimum absolute atomic E-state index is 0.228. The molecule has 2 heterocycles. The van der Waals surface area contributed by atoms with E-state index in [0.29, 0.717) is 11.1 Å². The van der Waals surface area contributed by atoms with Crippen molar-refractivity contribution in [2.75, 3.05) is 37.4 Å². The molecule has 94 valence electrons. The number of methoxy groups -OCH3 is 1. The highest BCUT2D eigenvalue weighted by atomic mass is 35.5. The second kappa shape index (κ2) is 5.51. The summed E-state index contributed by atoms with van der Waals surface area (Å²) in [6.07, 6.45) is 2.21. The van der Waals surface area contributed by atoms with Crippen LogP contribution in [0, 0.1) is 5.92 Å². The van der Waals surface area contributed by atoms with E-state index in [1.807, 2.05) is 0 Å². The quantitative estimate of drug-likeness (QED) is 0.832. The second-order valence-electron chi connectivity index (χ2n) is 4.29. The first kappa shape index (κ1) is 12.4. The fourth-order valence-electron chi connectivity index (χ4n) is 2.15. The molecule has 17 heavy (non-hydrogen) atoms. The summed E-state index contributed by atoms with van der Waals surface area (Å²) in [4.78, 5) is 10.3. The van der Waals surface area contributed by atoms with Crippen molar-refractivity contribution in [3.8, 4) is 0 Å². The Morgan fingerprint density at radius 2 is 2.18 bits per heavy atom.